The number of rotatable bonds is 7. The number of carbonyl (C=O) groups is 2. The van der Waals surface area contributed by atoms with E-state index in [1.165, 1.54) is 6.07 Å². The minimum absolute atomic E-state index is 0.00960. The second-order valence-corrected chi connectivity index (χ2v) is 8.02. The Morgan fingerprint density at radius 2 is 2.03 bits per heavy atom. The number of carboxylic acids is 1. The number of hydrogen-bond acceptors (Lipinski definition) is 7. The maximum atomic E-state index is 13.2. The molecule has 2 aliphatic rings. The Balaban J connectivity index is 1.54. The van der Waals surface area contributed by atoms with E-state index in [1.807, 2.05) is 6.07 Å². The number of aromatic carboxylic acids is 1. The summed E-state index contributed by atoms with van der Waals surface area (Å²) in [5.74, 6) is -1.36. The average molecular weight is 409 g/mol. The molecule has 9 heteroatoms. The molecule has 8 nitrogen and oxygen atoms in total. The number of benzene rings is 1. The lowest BCUT2D eigenvalue weighted by atomic mass is 9.63. The number of carbonyl (C=O) groups excluding carboxylic acids is 1. The Labute approximate surface area is 174 Å². The first-order valence-corrected chi connectivity index (χ1v) is 10.0. The highest BCUT2D eigenvalue weighted by Gasteiger charge is 2.52. The van der Waals surface area contributed by atoms with E-state index in [2.05, 4.69) is 4.98 Å². The third-order valence-electron chi connectivity index (χ3n) is 6.21. The van der Waals surface area contributed by atoms with Crippen LogP contribution in [-0.4, -0.2) is 34.0 Å². The van der Waals surface area contributed by atoms with Crippen LogP contribution in [0.25, 0.3) is 0 Å². The van der Waals surface area contributed by atoms with Crippen molar-refractivity contribution in [1.82, 2.24) is 4.98 Å². The lowest BCUT2D eigenvalue weighted by Gasteiger charge is -2.29. The number of para-hydroxylation sites is 1. The van der Waals surface area contributed by atoms with Gasteiger partial charge in [0, 0.05) is 31.5 Å². The van der Waals surface area contributed by atoms with Crippen LogP contribution in [0.3, 0.4) is 0 Å². The molecule has 1 aliphatic heterocycles. The van der Waals surface area contributed by atoms with Gasteiger partial charge in [-0.05, 0) is 42.0 Å². The van der Waals surface area contributed by atoms with E-state index in [9.17, 15) is 19.7 Å². The van der Waals surface area contributed by atoms with Gasteiger partial charge in [-0.25, -0.2) is 4.79 Å². The molecule has 6 N–H and O–H groups in total. The topological polar surface area (TPSA) is 149 Å². The van der Waals surface area contributed by atoms with E-state index in [4.69, 9.17) is 16.1 Å². The fraction of sp³-hybridized carbons (Fsp3) is 0.381. The first kappa shape index (κ1) is 20.5. The van der Waals surface area contributed by atoms with Crippen LogP contribution in [0, 0.1) is 0 Å². The number of Topliss-reactive ketones (excluding diaryl/α,β-unsaturated/α-hetero) is 1. The molecule has 1 atom stereocenters. The Bertz CT molecular complexity index is 1010. The summed E-state index contributed by atoms with van der Waals surface area (Å²) >= 11 is 0. The lowest BCUT2D eigenvalue weighted by molar-refractivity contribution is -0.121. The minimum Gasteiger partial charge on any atom is -0.535 e. The second-order valence-electron chi connectivity index (χ2n) is 8.02. The SMILES string of the molecule is NCc1cc(C2(C(=O)C[C@H]3Cc4cccc(C(=O)O)c4OB3O)CC2)cnc1CN. The van der Waals surface area contributed by atoms with Gasteiger partial charge in [0.1, 0.15) is 11.5 Å². The number of nitrogens with zero attached hydrogens (tertiary/aromatic N) is 1. The van der Waals surface area contributed by atoms with E-state index in [0.717, 1.165) is 29.7 Å². The van der Waals surface area contributed by atoms with Crippen LogP contribution in [0.4, 0.5) is 0 Å². The molecule has 0 unspecified atom stereocenters. The highest BCUT2D eigenvalue weighted by molar-refractivity contribution is 6.47. The standard InChI is InChI=1S/C21H24BN3O5/c23-9-13-6-14(11-25-17(13)10-24)21(4-5-21)18(26)8-15-7-12-2-1-3-16(20(27)28)19(12)30-22(15)29/h1-3,6,11,15,29H,4-5,7-10,23-24H2,(H,27,28)/t15-/m1/s1. The summed E-state index contributed by atoms with van der Waals surface area (Å²) in [7, 11) is -1.24. The van der Waals surface area contributed by atoms with Crippen LogP contribution in [0.5, 0.6) is 5.75 Å². The lowest BCUT2D eigenvalue weighted by Crippen LogP contribution is -2.37. The molecule has 0 bridgehead atoms. The van der Waals surface area contributed by atoms with Gasteiger partial charge < -0.3 is 26.3 Å². The van der Waals surface area contributed by atoms with Crippen molar-refractivity contribution in [2.24, 2.45) is 11.5 Å². The predicted molar refractivity (Wildman–Crippen MR) is 110 cm³/mol. The zero-order valence-electron chi connectivity index (χ0n) is 16.5. The molecule has 2 heterocycles. The van der Waals surface area contributed by atoms with Gasteiger partial charge >= 0.3 is 13.1 Å². The summed E-state index contributed by atoms with van der Waals surface area (Å²) < 4.78 is 5.52. The Hall–Kier alpha value is -2.75. The smallest absolute Gasteiger partial charge is 0.526 e. The van der Waals surface area contributed by atoms with Crippen molar-refractivity contribution in [3.8, 4) is 5.75 Å². The molecule has 4 rings (SSSR count). The van der Waals surface area contributed by atoms with Crippen LogP contribution in [-0.2, 0) is 29.7 Å². The number of hydrogen-bond donors (Lipinski definition) is 4. The van der Waals surface area contributed by atoms with Crippen molar-refractivity contribution in [3.05, 3.63) is 58.4 Å². The molecule has 0 saturated heterocycles. The molecule has 1 aromatic heterocycles. The predicted octanol–water partition coefficient (Wildman–Crippen LogP) is 1.17. The number of nitrogens with two attached hydrogens (primary N) is 2. The van der Waals surface area contributed by atoms with E-state index in [1.54, 1.807) is 18.3 Å². The number of pyridine rings is 1. The zero-order chi connectivity index (χ0) is 21.5. The summed E-state index contributed by atoms with van der Waals surface area (Å²) in [4.78, 5) is 29.0. The van der Waals surface area contributed by atoms with E-state index in [0.29, 0.717) is 18.5 Å². The molecular formula is C21H24BN3O5. The third kappa shape index (κ3) is 3.49. The summed E-state index contributed by atoms with van der Waals surface area (Å²) in [6, 6.07) is 6.76. The highest BCUT2D eigenvalue weighted by atomic mass is 16.5. The number of aromatic nitrogens is 1. The maximum absolute atomic E-state index is 13.2. The molecule has 1 saturated carbocycles. The van der Waals surface area contributed by atoms with Gasteiger partial charge in [0.25, 0.3) is 0 Å². The molecule has 1 fully saturated rings. The molecule has 1 aromatic carbocycles. The second kappa shape index (κ2) is 7.83. The molecular weight excluding hydrogens is 385 g/mol. The minimum atomic E-state index is -1.24. The molecule has 1 aliphatic carbocycles. The van der Waals surface area contributed by atoms with Gasteiger partial charge in [0.15, 0.2) is 0 Å². The maximum Gasteiger partial charge on any atom is 0.526 e. The van der Waals surface area contributed by atoms with Crippen molar-refractivity contribution in [1.29, 1.82) is 0 Å². The zero-order valence-corrected chi connectivity index (χ0v) is 16.5. The first-order chi connectivity index (χ1) is 14.4. The molecule has 0 radical (unpaired) electrons. The number of fused-ring (bicyclic) bond motifs is 1. The van der Waals surface area contributed by atoms with E-state index >= 15 is 0 Å². The van der Waals surface area contributed by atoms with Crippen LogP contribution in [0.1, 0.15) is 52.0 Å². The van der Waals surface area contributed by atoms with Gasteiger partial charge in [0.05, 0.1) is 16.7 Å². The molecule has 30 heavy (non-hydrogen) atoms. The first-order valence-electron chi connectivity index (χ1n) is 10.0. The highest BCUT2D eigenvalue weighted by Crippen LogP contribution is 2.51. The van der Waals surface area contributed by atoms with Gasteiger partial charge in [-0.3, -0.25) is 9.78 Å². The third-order valence-corrected chi connectivity index (χ3v) is 6.21. The largest absolute Gasteiger partial charge is 0.535 e. The van der Waals surface area contributed by atoms with Crippen molar-refractivity contribution in [3.63, 3.8) is 0 Å². The van der Waals surface area contributed by atoms with Gasteiger partial charge in [-0.15, -0.1) is 0 Å². The van der Waals surface area contributed by atoms with Crippen molar-refractivity contribution in [2.45, 2.75) is 50.0 Å². The van der Waals surface area contributed by atoms with Crippen molar-refractivity contribution >= 4 is 18.9 Å². The fourth-order valence-corrected chi connectivity index (χ4v) is 4.27. The van der Waals surface area contributed by atoms with E-state index < -0.39 is 24.3 Å². The number of ketones is 1. The van der Waals surface area contributed by atoms with Crippen LogP contribution in [0.2, 0.25) is 5.82 Å². The summed E-state index contributed by atoms with van der Waals surface area (Å²) in [6.45, 7) is 0.590. The molecule has 0 amide bonds. The Kier molecular flexibility index (Phi) is 5.35. The van der Waals surface area contributed by atoms with Crippen LogP contribution >= 0.6 is 0 Å². The molecule has 2 aromatic rings. The summed E-state index contributed by atoms with van der Waals surface area (Å²) in [5, 5.41) is 19.8. The normalized spacial score (nSPS) is 19.0. The van der Waals surface area contributed by atoms with Crippen LogP contribution < -0.4 is 16.1 Å². The number of carboxylic acid groups (broad SMARTS) is 1. The van der Waals surface area contributed by atoms with E-state index in [-0.39, 0.29) is 30.1 Å². The molecule has 156 valence electrons. The van der Waals surface area contributed by atoms with Crippen LogP contribution in [0.15, 0.2) is 30.5 Å². The van der Waals surface area contributed by atoms with Gasteiger partial charge in [-0.2, -0.15) is 0 Å². The average Bonchev–Trinajstić information content (AvgIpc) is 3.55. The quantitative estimate of drug-likeness (QED) is 0.498. The van der Waals surface area contributed by atoms with Gasteiger partial charge in [-0.1, -0.05) is 18.2 Å². The Morgan fingerprint density at radius 3 is 2.67 bits per heavy atom. The monoisotopic (exact) mass is 409 g/mol. The summed E-state index contributed by atoms with van der Waals surface area (Å²) in [6.07, 6.45) is 3.66. The Morgan fingerprint density at radius 1 is 1.27 bits per heavy atom. The molecule has 0 spiro atoms. The van der Waals surface area contributed by atoms with Gasteiger partial charge in [0.2, 0.25) is 0 Å². The summed E-state index contributed by atoms with van der Waals surface area (Å²) in [5.41, 5.74) is 14.0. The van der Waals surface area contributed by atoms with Crippen molar-refractivity contribution in [2.75, 3.05) is 0 Å². The fourth-order valence-electron chi connectivity index (χ4n) is 4.27. The van der Waals surface area contributed by atoms with Crippen molar-refractivity contribution < 1.29 is 24.4 Å².